The van der Waals surface area contributed by atoms with Crippen LogP contribution in [0.1, 0.15) is 57.9 Å². The number of benzene rings is 1. The van der Waals surface area contributed by atoms with Gasteiger partial charge in [0.15, 0.2) is 0 Å². The summed E-state index contributed by atoms with van der Waals surface area (Å²) in [7, 11) is 0. The summed E-state index contributed by atoms with van der Waals surface area (Å²) in [6.07, 6.45) is 12.6. The predicted molar refractivity (Wildman–Crippen MR) is 121 cm³/mol. The maximum Gasteiger partial charge on any atom is 0.233 e. The fourth-order valence-electron chi connectivity index (χ4n) is 2.99. The Morgan fingerprint density at radius 2 is 2.00 bits per heavy atom. The molecule has 0 spiro atoms. The van der Waals surface area contributed by atoms with Crippen molar-refractivity contribution in [1.29, 1.82) is 0 Å². The van der Waals surface area contributed by atoms with Gasteiger partial charge in [0.2, 0.25) is 5.88 Å². The summed E-state index contributed by atoms with van der Waals surface area (Å²) in [5, 5.41) is 8.00. The van der Waals surface area contributed by atoms with E-state index in [-0.39, 0.29) is 5.82 Å². The average Bonchev–Trinajstić information content (AvgIpc) is 2.75. The summed E-state index contributed by atoms with van der Waals surface area (Å²) in [6.45, 7) is 9.12. The SMILES string of the molecule is C=CCOc1ccc(-c2ccc(/C=C/CCCC(C)OCCCCC)cc2F)nn1. The lowest BCUT2D eigenvalue weighted by Crippen LogP contribution is -2.08. The third-order valence-corrected chi connectivity index (χ3v) is 4.70. The summed E-state index contributed by atoms with van der Waals surface area (Å²) >= 11 is 0. The summed E-state index contributed by atoms with van der Waals surface area (Å²) in [5.74, 6) is 0.0691. The lowest BCUT2D eigenvalue weighted by molar-refractivity contribution is 0.0566. The number of hydrogen-bond donors (Lipinski definition) is 0. The predicted octanol–water partition coefficient (Wildman–Crippen LogP) is 6.63. The summed E-state index contributed by atoms with van der Waals surface area (Å²) in [5.41, 5.74) is 1.73. The fraction of sp³-hybridized carbons (Fsp3) is 0.440. The van der Waals surface area contributed by atoms with E-state index in [0.717, 1.165) is 37.9 Å². The van der Waals surface area contributed by atoms with E-state index in [9.17, 15) is 4.39 Å². The Morgan fingerprint density at radius 1 is 1.13 bits per heavy atom. The highest BCUT2D eigenvalue weighted by Gasteiger charge is 2.08. The number of aromatic nitrogens is 2. The molecule has 1 unspecified atom stereocenters. The maximum absolute atomic E-state index is 14.5. The second-order valence-corrected chi connectivity index (χ2v) is 7.32. The molecule has 2 rings (SSSR count). The van der Waals surface area contributed by atoms with E-state index in [0.29, 0.717) is 29.8 Å². The molecule has 0 aliphatic rings. The van der Waals surface area contributed by atoms with E-state index < -0.39 is 0 Å². The molecule has 4 nitrogen and oxygen atoms in total. The van der Waals surface area contributed by atoms with Crippen LogP contribution in [0, 0.1) is 5.82 Å². The van der Waals surface area contributed by atoms with E-state index in [1.165, 1.54) is 18.9 Å². The maximum atomic E-state index is 14.5. The van der Waals surface area contributed by atoms with Crippen molar-refractivity contribution in [2.45, 2.75) is 58.5 Å². The molecule has 5 heteroatoms. The first-order valence-electron chi connectivity index (χ1n) is 10.8. The summed E-state index contributed by atoms with van der Waals surface area (Å²) in [4.78, 5) is 0. The smallest absolute Gasteiger partial charge is 0.233 e. The molecule has 1 aromatic heterocycles. The number of rotatable bonds is 14. The Bertz CT molecular complexity index is 790. The molecule has 0 radical (unpaired) electrons. The molecule has 0 aliphatic carbocycles. The van der Waals surface area contributed by atoms with Gasteiger partial charge in [0.05, 0.1) is 11.8 Å². The van der Waals surface area contributed by atoms with E-state index in [4.69, 9.17) is 9.47 Å². The molecule has 0 saturated carbocycles. The standard InChI is InChI=1S/C25H33FN2O2/c1-4-6-10-18-29-20(3)11-8-7-9-12-21-13-14-22(23(26)19-21)24-15-16-25(28-27-24)30-17-5-2/h5,9,12-16,19-20H,2,4,6-8,10-11,17-18H2,1,3H3/b12-9+. The zero-order valence-electron chi connectivity index (χ0n) is 18.1. The van der Waals surface area contributed by atoms with Crippen molar-refractivity contribution < 1.29 is 13.9 Å². The number of nitrogens with zero attached hydrogens (tertiary/aromatic N) is 2. The largest absolute Gasteiger partial charge is 0.472 e. The molecule has 30 heavy (non-hydrogen) atoms. The fourth-order valence-corrected chi connectivity index (χ4v) is 2.99. The van der Waals surface area contributed by atoms with Crippen molar-refractivity contribution in [3.05, 3.63) is 60.4 Å². The van der Waals surface area contributed by atoms with Gasteiger partial charge in [0, 0.05) is 18.2 Å². The van der Waals surface area contributed by atoms with Crippen molar-refractivity contribution in [2.75, 3.05) is 13.2 Å². The highest BCUT2D eigenvalue weighted by molar-refractivity contribution is 5.63. The van der Waals surface area contributed by atoms with Crippen LogP contribution in [0.4, 0.5) is 4.39 Å². The number of allylic oxidation sites excluding steroid dienone is 1. The second kappa shape index (κ2) is 13.6. The normalized spacial score (nSPS) is 12.2. The average molecular weight is 413 g/mol. The van der Waals surface area contributed by atoms with Gasteiger partial charge < -0.3 is 9.47 Å². The minimum absolute atomic E-state index is 0.293. The minimum atomic E-state index is -0.319. The van der Waals surface area contributed by atoms with E-state index >= 15 is 0 Å². The summed E-state index contributed by atoms with van der Waals surface area (Å²) < 4.78 is 25.6. The van der Waals surface area contributed by atoms with Gasteiger partial charge in [-0.25, -0.2) is 4.39 Å². The number of unbranched alkanes of at least 4 members (excludes halogenated alkanes) is 3. The van der Waals surface area contributed by atoms with Crippen LogP contribution in [0.25, 0.3) is 17.3 Å². The van der Waals surface area contributed by atoms with Gasteiger partial charge in [-0.1, -0.05) is 50.6 Å². The second-order valence-electron chi connectivity index (χ2n) is 7.32. The number of ether oxygens (including phenoxy) is 2. The Kier molecular flexibility index (Phi) is 10.8. The molecule has 1 aromatic carbocycles. The van der Waals surface area contributed by atoms with Gasteiger partial charge in [-0.15, -0.1) is 10.2 Å². The molecule has 0 amide bonds. The molecule has 1 atom stereocenters. The monoisotopic (exact) mass is 412 g/mol. The van der Waals surface area contributed by atoms with Crippen LogP contribution in [0.15, 0.2) is 49.1 Å². The van der Waals surface area contributed by atoms with Crippen LogP contribution in [-0.2, 0) is 4.74 Å². The Balaban J connectivity index is 1.80. The van der Waals surface area contributed by atoms with Crippen molar-refractivity contribution in [3.8, 4) is 17.1 Å². The van der Waals surface area contributed by atoms with Crippen LogP contribution < -0.4 is 4.74 Å². The molecule has 0 bridgehead atoms. The van der Waals surface area contributed by atoms with Gasteiger partial charge in [0.1, 0.15) is 12.4 Å². The van der Waals surface area contributed by atoms with Crippen LogP contribution in [0.3, 0.4) is 0 Å². The van der Waals surface area contributed by atoms with Gasteiger partial charge in [-0.2, -0.15) is 0 Å². The molecule has 162 valence electrons. The first kappa shape index (κ1) is 23.7. The third kappa shape index (κ3) is 8.46. The minimum Gasteiger partial charge on any atom is -0.472 e. The molecule has 0 N–H and O–H groups in total. The zero-order valence-corrected chi connectivity index (χ0v) is 18.1. The molecule has 0 fully saturated rings. The van der Waals surface area contributed by atoms with E-state index in [1.54, 1.807) is 24.3 Å². The first-order valence-corrected chi connectivity index (χ1v) is 10.8. The van der Waals surface area contributed by atoms with Crippen molar-refractivity contribution in [1.82, 2.24) is 10.2 Å². The molecule has 1 heterocycles. The van der Waals surface area contributed by atoms with Crippen molar-refractivity contribution in [2.24, 2.45) is 0 Å². The molecule has 0 aliphatic heterocycles. The van der Waals surface area contributed by atoms with Crippen LogP contribution in [-0.4, -0.2) is 29.5 Å². The van der Waals surface area contributed by atoms with Crippen LogP contribution >= 0.6 is 0 Å². The lowest BCUT2D eigenvalue weighted by Gasteiger charge is -2.12. The molecule has 2 aromatic rings. The quantitative estimate of drug-likeness (QED) is 0.258. The molecular weight excluding hydrogens is 379 g/mol. The third-order valence-electron chi connectivity index (χ3n) is 4.70. The van der Waals surface area contributed by atoms with Crippen molar-refractivity contribution >= 4 is 6.08 Å². The van der Waals surface area contributed by atoms with Gasteiger partial charge in [-0.3, -0.25) is 0 Å². The van der Waals surface area contributed by atoms with Crippen molar-refractivity contribution in [3.63, 3.8) is 0 Å². The Morgan fingerprint density at radius 3 is 2.70 bits per heavy atom. The van der Waals surface area contributed by atoms with Crippen LogP contribution in [0.2, 0.25) is 0 Å². The van der Waals surface area contributed by atoms with E-state index in [1.807, 2.05) is 12.1 Å². The van der Waals surface area contributed by atoms with E-state index in [2.05, 4.69) is 36.7 Å². The highest BCUT2D eigenvalue weighted by atomic mass is 19.1. The highest BCUT2D eigenvalue weighted by Crippen LogP contribution is 2.23. The number of hydrogen-bond acceptors (Lipinski definition) is 4. The van der Waals surface area contributed by atoms with Crippen LogP contribution in [0.5, 0.6) is 5.88 Å². The van der Waals surface area contributed by atoms with Gasteiger partial charge in [0.25, 0.3) is 0 Å². The Hall–Kier alpha value is -2.53. The molecular formula is C25H33FN2O2. The first-order chi connectivity index (χ1) is 14.6. The zero-order chi connectivity index (χ0) is 21.6. The Labute approximate surface area is 179 Å². The number of halogens is 1. The molecule has 0 saturated heterocycles. The lowest BCUT2D eigenvalue weighted by atomic mass is 10.1. The summed E-state index contributed by atoms with van der Waals surface area (Å²) in [6, 6.07) is 8.52. The van der Waals surface area contributed by atoms with Gasteiger partial charge in [-0.05, 0) is 56.4 Å². The van der Waals surface area contributed by atoms with Gasteiger partial charge >= 0.3 is 0 Å². The topological polar surface area (TPSA) is 44.2 Å².